The van der Waals surface area contributed by atoms with Crippen LogP contribution in [0, 0.1) is 24.7 Å². The second-order valence-corrected chi connectivity index (χ2v) is 21.5. The molecule has 6 atom stereocenters. The maximum absolute atomic E-state index is 15.0. The zero-order chi connectivity index (χ0) is 45.6. The maximum atomic E-state index is 15.0. The number of ketones is 1. The Kier molecular flexibility index (Phi) is 13.1. The molecule has 4 heterocycles. The summed E-state index contributed by atoms with van der Waals surface area (Å²) >= 11 is 1.44. The van der Waals surface area contributed by atoms with E-state index in [0.717, 1.165) is 23.5 Å². The summed E-state index contributed by atoms with van der Waals surface area (Å²) in [5.74, 6) is -6.45. The highest BCUT2D eigenvalue weighted by molar-refractivity contribution is 7.91. The van der Waals surface area contributed by atoms with E-state index < -0.39 is 80.8 Å². The number of thiazole rings is 1. The van der Waals surface area contributed by atoms with E-state index in [1.165, 1.54) is 16.2 Å². The summed E-state index contributed by atoms with van der Waals surface area (Å²) in [5, 5.41) is 8.83. The van der Waals surface area contributed by atoms with Crippen LogP contribution in [0.4, 0.5) is 13.9 Å². The molecule has 3 aliphatic carbocycles. The molecule has 8 rings (SSSR count). The Morgan fingerprint density at radius 2 is 1.83 bits per heavy atom. The Hall–Kier alpha value is -4.71. The molecule has 1 aromatic carbocycles. The number of nitrogens with one attached hydrogen (secondary N) is 3. The molecule has 1 saturated heterocycles. The van der Waals surface area contributed by atoms with Gasteiger partial charge in [-0.25, -0.2) is 27.2 Å². The largest absolute Gasteiger partial charge is 0.496 e. The molecule has 3 amide bonds. The van der Waals surface area contributed by atoms with Crippen LogP contribution in [0.2, 0.25) is 0 Å². The number of ether oxygens (including phenoxy) is 2. The van der Waals surface area contributed by atoms with Crippen molar-refractivity contribution >= 4 is 60.9 Å². The van der Waals surface area contributed by atoms with Gasteiger partial charge in [0.25, 0.3) is 5.91 Å². The molecule has 3 saturated carbocycles. The summed E-state index contributed by atoms with van der Waals surface area (Å²) in [7, 11) is -2.37. The number of carbonyl (C=O) groups excluding carboxylic acids is 4. The molecule has 0 radical (unpaired) electrons. The number of alkyl halides is 2. The van der Waals surface area contributed by atoms with Crippen LogP contribution < -0.4 is 24.8 Å². The Bertz CT molecular complexity index is 2440. The molecule has 346 valence electrons. The Balaban J connectivity index is 1.14. The van der Waals surface area contributed by atoms with E-state index in [-0.39, 0.29) is 50.5 Å². The molecule has 18 heteroatoms. The van der Waals surface area contributed by atoms with Gasteiger partial charge in [-0.2, -0.15) is 0 Å². The Morgan fingerprint density at radius 1 is 1.03 bits per heavy atom. The topological polar surface area (TPSA) is 186 Å². The van der Waals surface area contributed by atoms with Crippen molar-refractivity contribution in [2.45, 2.75) is 146 Å². The molecule has 2 aliphatic heterocycles. The standard InChI is InChI=1S/C46H58F2N6O8S2/c1-26(2)49-44-51-35(25-63-44)34-21-39(33-16-17-38(61-4)27(3)40(33)50-34)62-31-20-36-41(56)52-46(43(58)53-64(59,60)32-14-15-32)23-30(46)13-9-7-5-6-8-11-28(42(57)54(36)24-31)19-37(55)29-12-10-18-45(47,48)22-29/h9,13,16-17,21,25-26,28-32,36H,5-8,10-12,14-15,18-20,22-24H2,1-4H3,(H,49,51)(H,52,56)(H,53,58)/t28-,29?,30?,31-,36+,46-/m1/s1. The van der Waals surface area contributed by atoms with Crippen molar-refractivity contribution in [3.63, 3.8) is 0 Å². The first-order valence-electron chi connectivity index (χ1n) is 22.6. The number of hydrogen-bond donors (Lipinski definition) is 3. The van der Waals surface area contributed by atoms with Gasteiger partial charge >= 0.3 is 0 Å². The number of anilines is 1. The number of fused-ring (bicyclic) bond motifs is 3. The van der Waals surface area contributed by atoms with Gasteiger partial charge in [-0.05, 0) is 84.3 Å². The fourth-order valence-corrected chi connectivity index (χ4v) is 11.8. The molecule has 14 nitrogen and oxygen atoms in total. The lowest BCUT2D eigenvalue weighted by Gasteiger charge is -2.31. The van der Waals surface area contributed by atoms with Crippen LogP contribution in [0.25, 0.3) is 22.3 Å². The number of hydrogen-bond acceptors (Lipinski definition) is 12. The van der Waals surface area contributed by atoms with E-state index >= 15 is 0 Å². The predicted octanol–water partition coefficient (Wildman–Crippen LogP) is 7.25. The molecule has 3 N–H and O–H groups in total. The van der Waals surface area contributed by atoms with Crippen molar-refractivity contribution in [2.75, 3.05) is 19.0 Å². The Morgan fingerprint density at radius 3 is 2.56 bits per heavy atom. The molecule has 0 bridgehead atoms. The van der Waals surface area contributed by atoms with Crippen LogP contribution in [-0.2, 0) is 29.2 Å². The zero-order valence-electron chi connectivity index (χ0n) is 36.8. The van der Waals surface area contributed by atoms with Gasteiger partial charge in [-0.15, -0.1) is 11.3 Å². The van der Waals surface area contributed by atoms with E-state index in [2.05, 4.69) is 15.4 Å². The van der Waals surface area contributed by atoms with Crippen molar-refractivity contribution in [2.24, 2.45) is 17.8 Å². The number of pyridine rings is 1. The molecule has 4 fully saturated rings. The third-order valence-electron chi connectivity index (χ3n) is 13.3. The average molecular weight is 925 g/mol. The lowest BCUT2D eigenvalue weighted by molar-refractivity contribution is -0.145. The third kappa shape index (κ3) is 9.92. The number of benzene rings is 1. The van der Waals surface area contributed by atoms with E-state index in [1.54, 1.807) is 13.2 Å². The predicted molar refractivity (Wildman–Crippen MR) is 239 cm³/mol. The van der Waals surface area contributed by atoms with Crippen LogP contribution in [0.1, 0.15) is 109 Å². The SMILES string of the molecule is COc1ccc2c(O[C@@H]3C[C@H]4C(=O)N[C@]5(C(=O)NS(=O)(=O)C6CC6)CC5C=CCCCCC[C@H](CC(=O)C5CCCC(F)(F)C5)C(=O)N4C3)cc(-c3csc(NC(C)C)n3)nc2c1C. The fraction of sp³-hybridized carbons (Fsp3) is 0.609. The zero-order valence-corrected chi connectivity index (χ0v) is 38.4. The van der Waals surface area contributed by atoms with Gasteiger partial charge in [0.2, 0.25) is 27.8 Å². The third-order valence-corrected chi connectivity index (χ3v) is 15.9. The van der Waals surface area contributed by atoms with Gasteiger partial charge < -0.3 is 25.0 Å². The average Bonchev–Trinajstić information content (AvgIpc) is 4.13. The van der Waals surface area contributed by atoms with Crippen LogP contribution in [0.3, 0.4) is 0 Å². The van der Waals surface area contributed by atoms with Crippen molar-refractivity contribution in [3.8, 4) is 22.9 Å². The summed E-state index contributed by atoms with van der Waals surface area (Å²) in [4.78, 5) is 68.6. The monoisotopic (exact) mass is 924 g/mol. The molecular weight excluding hydrogens is 867 g/mol. The first kappa shape index (κ1) is 45.8. The van der Waals surface area contributed by atoms with E-state index in [1.807, 2.05) is 50.4 Å². The first-order chi connectivity index (χ1) is 30.5. The van der Waals surface area contributed by atoms with E-state index in [0.29, 0.717) is 72.3 Å². The Labute approximate surface area is 376 Å². The lowest BCUT2D eigenvalue weighted by atomic mass is 9.80. The summed E-state index contributed by atoms with van der Waals surface area (Å²) in [5.41, 5.74) is 0.948. The van der Waals surface area contributed by atoms with E-state index in [4.69, 9.17) is 19.4 Å². The molecule has 2 unspecified atom stereocenters. The highest BCUT2D eigenvalue weighted by atomic mass is 32.2. The summed E-state index contributed by atoms with van der Waals surface area (Å²) < 4.78 is 69.7. The van der Waals surface area contributed by atoms with Gasteiger partial charge in [0.05, 0.1) is 30.1 Å². The number of Topliss-reactive ketones (excluding diaryl/α,β-unsaturated/α-hetero) is 1. The number of rotatable bonds is 12. The minimum Gasteiger partial charge on any atom is -0.496 e. The number of amides is 3. The van der Waals surface area contributed by atoms with Crippen molar-refractivity contribution in [1.29, 1.82) is 0 Å². The smallest absolute Gasteiger partial charge is 0.259 e. The second-order valence-electron chi connectivity index (χ2n) is 18.6. The highest BCUT2D eigenvalue weighted by Crippen LogP contribution is 2.47. The molecule has 64 heavy (non-hydrogen) atoms. The number of halogens is 2. The number of aryl methyl sites for hydroxylation is 1. The van der Waals surface area contributed by atoms with Crippen molar-refractivity contribution < 1.29 is 45.9 Å². The van der Waals surface area contributed by atoms with Crippen LogP contribution in [0.5, 0.6) is 11.5 Å². The first-order valence-corrected chi connectivity index (χ1v) is 25.0. The van der Waals surface area contributed by atoms with Crippen LogP contribution >= 0.6 is 11.3 Å². The molecular formula is C46H58F2N6O8S2. The highest BCUT2D eigenvalue weighted by Gasteiger charge is 2.62. The van der Waals surface area contributed by atoms with Gasteiger partial charge in [-0.1, -0.05) is 25.0 Å². The number of aromatic nitrogens is 2. The van der Waals surface area contributed by atoms with E-state index in [9.17, 15) is 36.4 Å². The van der Waals surface area contributed by atoms with Gasteiger partial charge in [-0.3, -0.25) is 23.9 Å². The molecule has 3 aromatic rings. The van der Waals surface area contributed by atoms with Gasteiger partial charge in [0.1, 0.15) is 40.7 Å². The molecule has 0 spiro atoms. The normalized spacial score (nSPS) is 27.5. The quantitative estimate of drug-likeness (QED) is 0.156. The number of carbonyl (C=O) groups is 4. The number of nitrogens with zero attached hydrogens (tertiary/aromatic N) is 3. The fourth-order valence-electron chi connectivity index (χ4n) is 9.55. The summed E-state index contributed by atoms with van der Waals surface area (Å²) in [6, 6.07) is 4.41. The van der Waals surface area contributed by atoms with Crippen molar-refractivity contribution in [1.82, 2.24) is 24.9 Å². The molecule has 2 aromatic heterocycles. The minimum atomic E-state index is -3.95. The van der Waals surface area contributed by atoms with Crippen LogP contribution in [-0.4, -0.2) is 95.3 Å². The lowest BCUT2D eigenvalue weighted by Crippen LogP contribution is -2.57. The maximum Gasteiger partial charge on any atom is 0.259 e. The number of sulfonamides is 1. The number of allylic oxidation sites excluding steroid dienone is 1. The van der Waals surface area contributed by atoms with Gasteiger partial charge in [0.15, 0.2) is 5.13 Å². The van der Waals surface area contributed by atoms with Crippen LogP contribution in [0.15, 0.2) is 35.7 Å². The minimum absolute atomic E-state index is 0.000884. The summed E-state index contributed by atoms with van der Waals surface area (Å²) in [6.45, 7) is 5.87. The summed E-state index contributed by atoms with van der Waals surface area (Å²) in [6.07, 6.45) is 6.62. The van der Waals surface area contributed by atoms with Gasteiger partial charge in [0, 0.05) is 71.9 Å². The molecule has 5 aliphatic rings. The van der Waals surface area contributed by atoms with Crippen molar-refractivity contribution in [3.05, 3.63) is 41.3 Å². The second kappa shape index (κ2) is 18.3. The number of methoxy groups -OCH3 is 1.